The molecule has 4 nitrogen and oxygen atoms in total. The molecule has 2 aromatic carbocycles. The Morgan fingerprint density at radius 2 is 1.89 bits per heavy atom. The monoisotopic (exact) mass is 278 g/mol. The number of nitrogens with one attached hydrogen (secondary N) is 1. The van der Waals surface area contributed by atoms with E-state index in [0.717, 1.165) is 35.3 Å². The highest BCUT2D eigenvalue weighted by molar-refractivity contribution is 8.00. The topological polar surface area (TPSA) is 55.2 Å². The lowest BCUT2D eigenvalue weighted by molar-refractivity contribution is -0.385. The predicted octanol–water partition coefficient (Wildman–Crippen LogP) is 4.16. The highest BCUT2D eigenvalue weighted by atomic mass is 32.2. The van der Waals surface area contributed by atoms with Crippen molar-refractivity contribution in [2.24, 2.45) is 0 Å². The first-order valence-corrected chi connectivity index (χ1v) is 6.31. The van der Waals surface area contributed by atoms with Gasteiger partial charge in [-0.2, -0.15) is 0 Å². The fraction of sp³-hybridized carbons (Fsp3) is 0.0769. The molecule has 0 saturated heterocycles. The molecule has 0 fully saturated rings. The molecule has 2 aromatic rings. The molecule has 0 unspecified atom stereocenters. The molecule has 0 atom stereocenters. The summed E-state index contributed by atoms with van der Waals surface area (Å²) in [6.45, 7) is 1.97. The van der Waals surface area contributed by atoms with Crippen LogP contribution in [0.25, 0.3) is 0 Å². The minimum Gasteiger partial charge on any atom is -0.326 e. The first kappa shape index (κ1) is 13.4. The SMILES string of the molecule is Cc1ccc(NSc2cc([N+](=O)[O-])ccc2F)cc1. The van der Waals surface area contributed by atoms with Crippen molar-refractivity contribution in [1.29, 1.82) is 0 Å². The first-order chi connectivity index (χ1) is 9.06. The zero-order chi connectivity index (χ0) is 13.8. The molecule has 98 valence electrons. The number of halogens is 1. The summed E-state index contributed by atoms with van der Waals surface area (Å²) >= 11 is 1.01. The molecule has 0 saturated carbocycles. The van der Waals surface area contributed by atoms with Crippen molar-refractivity contribution < 1.29 is 9.31 Å². The second-order valence-electron chi connectivity index (χ2n) is 3.94. The van der Waals surface area contributed by atoms with Crippen LogP contribution in [0.3, 0.4) is 0 Å². The van der Waals surface area contributed by atoms with Crippen molar-refractivity contribution in [2.75, 3.05) is 4.72 Å². The summed E-state index contributed by atoms with van der Waals surface area (Å²) in [7, 11) is 0. The van der Waals surface area contributed by atoms with Crippen LogP contribution >= 0.6 is 11.9 Å². The fourth-order valence-corrected chi connectivity index (χ4v) is 2.13. The van der Waals surface area contributed by atoms with Crippen molar-refractivity contribution in [3.8, 4) is 0 Å². The summed E-state index contributed by atoms with van der Waals surface area (Å²) in [5.41, 5.74) is 1.80. The molecular weight excluding hydrogens is 267 g/mol. The third-order valence-electron chi connectivity index (χ3n) is 2.46. The minimum atomic E-state index is -0.546. The largest absolute Gasteiger partial charge is 0.326 e. The van der Waals surface area contributed by atoms with Gasteiger partial charge in [-0.25, -0.2) is 4.39 Å². The van der Waals surface area contributed by atoms with E-state index in [-0.39, 0.29) is 10.6 Å². The zero-order valence-electron chi connectivity index (χ0n) is 10.1. The van der Waals surface area contributed by atoms with Crippen molar-refractivity contribution in [1.82, 2.24) is 0 Å². The molecule has 19 heavy (non-hydrogen) atoms. The number of aryl methyl sites for hydroxylation is 1. The molecule has 0 heterocycles. The molecule has 0 radical (unpaired) electrons. The number of hydrogen-bond donors (Lipinski definition) is 1. The Balaban J connectivity index is 2.12. The van der Waals surface area contributed by atoms with Crippen molar-refractivity contribution >= 4 is 23.3 Å². The summed E-state index contributed by atoms with van der Waals surface area (Å²) in [6.07, 6.45) is 0. The lowest BCUT2D eigenvalue weighted by atomic mass is 10.2. The van der Waals surface area contributed by atoms with Gasteiger partial charge in [0, 0.05) is 17.8 Å². The molecule has 0 aromatic heterocycles. The van der Waals surface area contributed by atoms with E-state index in [2.05, 4.69) is 4.72 Å². The lowest BCUT2D eigenvalue weighted by Crippen LogP contribution is -1.93. The maximum absolute atomic E-state index is 13.5. The molecule has 2 rings (SSSR count). The van der Waals surface area contributed by atoms with E-state index in [1.54, 1.807) is 0 Å². The van der Waals surface area contributed by atoms with Gasteiger partial charge in [-0.1, -0.05) is 17.7 Å². The van der Waals surface area contributed by atoms with Gasteiger partial charge in [0.15, 0.2) is 0 Å². The number of nitrogens with zero attached hydrogens (tertiary/aromatic N) is 1. The van der Waals surface area contributed by atoms with Crippen LogP contribution in [0.5, 0.6) is 0 Å². The molecule has 0 bridgehead atoms. The van der Waals surface area contributed by atoms with E-state index in [0.29, 0.717) is 0 Å². The van der Waals surface area contributed by atoms with E-state index < -0.39 is 10.7 Å². The number of nitro groups is 1. The Morgan fingerprint density at radius 3 is 2.53 bits per heavy atom. The fourth-order valence-electron chi connectivity index (χ4n) is 1.42. The van der Waals surface area contributed by atoms with E-state index in [1.807, 2.05) is 31.2 Å². The predicted molar refractivity (Wildman–Crippen MR) is 73.7 cm³/mol. The normalized spacial score (nSPS) is 10.2. The smallest absolute Gasteiger partial charge is 0.270 e. The number of rotatable bonds is 4. The third kappa shape index (κ3) is 3.45. The maximum Gasteiger partial charge on any atom is 0.270 e. The third-order valence-corrected chi connectivity index (χ3v) is 3.33. The Kier molecular flexibility index (Phi) is 4.01. The molecule has 0 aliphatic rings. The van der Waals surface area contributed by atoms with Gasteiger partial charge in [-0.05, 0) is 37.1 Å². The molecular formula is C13H11FN2O2S. The number of benzene rings is 2. The molecule has 0 amide bonds. The number of non-ortho nitro benzene ring substituents is 1. The minimum absolute atomic E-state index is 0.130. The number of hydrogen-bond acceptors (Lipinski definition) is 4. The van der Waals surface area contributed by atoms with Gasteiger partial charge in [-0.3, -0.25) is 10.1 Å². The molecule has 0 spiro atoms. The van der Waals surface area contributed by atoms with Gasteiger partial charge in [-0.15, -0.1) is 0 Å². The van der Waals surface area contributed by atoms with Gasteiger partial charge in [0.05, 0.1) is 9.82 Å². The van der Waals surface area contributed by atoms with E-state index >= 15 is 0 Å². The van der Waals surface area contributed by atoms with Crippen LogP contribution in [0.2, 0.25) is 0 Å². The Bertz CT molecular complexity index is 602. The van der Waals surface area contributed by atoms with Crippen LogP contribution < -0.4 is 4.72 Å². The average molecular weight is 278 g/mol. The van der Waals surface area contributed by atoms with Crippen LogP contribution in [-0.4, -0.2) is 4.92 Å². The van der Waals surface area contributed by atoms with E-state index in [9.17, 15) is 14.5 Å². The lowest BCUT2D eigenvalue weighted by Gasteiger charge is -2.06. The van der Waals surface area contributed by atoms with Crippen molar-refractivity contribution in [3.05, 3.63) is 64.0 Å². The van der Waals surface area contributed by atoms with Crippen molar-refractivity contribution in [3.63, 3.8) is 0 Å². The number of anilines is 1. The van der Waals surface area contributed by atoms with Gasteiger partial charge >= 0.3 is 0 Å². The number of nitro benzene ring substituents is 1. The van der Waals surface area contributed by atoms with Crippen LogP contribution in [0.1, 0.15) is 5.56 Å². The summed E-state index contributed by atoms with van der Waals surface area (Å²) in [6, 6.07) is 11.0. The first-order valence-electron chi connectivity index (χ1n) is 5.50. The van der Waals surface area contributed by atoms with Crippen molar-refractivity contribution in [2.45, 2.75) is 11.8 Å². The molecule has 1 N–H and O–H groups in total. The quantitative estimate of drug-likeness (QED) is 0.518. The summed E-state index contributed by atoms with van der Waals surface area (Å²) in [5.74, 6) is -0.491. The molecule has 0 aliphatic carbocycles. The highest BCUT2D eigenvalue weighted by Crippen LogP contribution is 2.27. The standard InChI is InChI=1S/C13H11FN2O2S/c1-9-2-4-10(5-3-9)15-19-13-8-11(16(17)18)6-7-12(13)14/h2-8,15H,1H3. The second kappa shape index (κ2) is 5.71. The summed E-state index contributed by atoms with van der Waals surface area (Å²) in [5, 5.41) is 10.6. The van der Waals surface area contributed by atoms with Gasteiger partial charge < -0.3 is 4.72 Å². The summed E-state index contributed by atoms with van der Waals surface area (Å²) in [4.78, 5) is 10.3. The highest BCUT2D eigenvalue weighted by Gasteiger charge is 2.11. The van der Waals surface area contributed by atoms with Crippen LogP contribution in [-0.2, 0) is 0 Å². The van der Waals surface area contributed by atoms with E-state index in [4.69, 9.17) is 0 Å². The van der Waals surface area contributed by atoms with Gasteiger partial charge in [0.2, 0.25) is 0 Å². The van der Waals surface area contributed by atoms with Gasteiger partial charge in [0.25, 0.3) is 5.69 Å². The van der Waals surface area contributed by atoms with Crippen LogP contribution in [0, 0.1) is 22.9 Å². The average Bonchev–Trinajstić information content (AvgIpc) is 2.39. The van der Waals surface area contributed by atoms with Crippen LogP contribution in [0.4, 0.5) is 15.8 Å². The molecule has 6 heteroatoms. The zero-order valence-corrected chi connectivity index (χ0v) is 10.9. The van der Waals surface area contributed by atoms with E-state index in [1.165, 1.54) is 6.07 Å². The second-order valence-corrected chi connectivity index (χ2v) is 4.79. The van der Waals surface area contributed by atoms with Gasteiger partial charge in [0.1, 0.15) is 5.82 Å². The maximum atomic E-state index is 13.5. The Morgan fingerprint density at radius 1 is 1.21 bits per heavy atom. The Labute approximate surface area is 113 Å². The molecule has 0 aliphatic heterocycles. The Hall–Kier alpha value is -2.08. The summed E-state index contributed by atoms with van der Waals surface area (Å²) < 4.78 is 16.5. The van der Waals surface area contributed by atoms with Crippen LogP contribution in [0.15, 0.2) is 47.4 Å².